The Morgan fingerprint density at radius 3 is 2.63 bits per heavy atom. The van der Waals surface area contributed by atoms with Gasteiger partial charge in [-0.25, -0.2) is 0 Å². The summed E-state index contributed by atoms with van der Waals surface area (Å²) in [7, 11) is 0. The average molecular weight is 338 g/mol. The zero-order valence-corrected chi connectivity index (χ0v) is 13.8. The fourth-order valence-corrected chi connectivity index (χ4v) is 3.73. The topological polar surface area (TPSA) is 24.4 Å². The smallest absolute Gasteiger partial charge is 0.161 e. The van der Waals surface area contributed by atoms with Crippen molar-refractivity contribution in [2.75, 3.05) is 11.9 Å². The first-order chi connectivity index (χ1) is 8.95. The van der Waals surface area contributed by atoms with Gasteiger partial charge >= 0.3 is 0 Å². The van der Waals surface area contributed by atoms with Crippen molar-refractivity contribution in [2.45, 2.75) is 25.5 Å². The van der Waals surface area contributed by atoms with Crippen LogP contribution >= 0.6 is 46.6 Å². The molecule has 1 aliphatic rings. The second-order valence-electron chi connectivity index (χ2n) is 4.89. The van der Waals surface area contributed by atoms with E-state index in [4.69, 9.17) is 34.8 Å². The Morgan fingerprint density at radius 2 is 1.95 bits per heavy atom. The van der Waals surface area contributed by atoms with Crippen molar-refractivity contribution in [3.63, 3.8) is 0 Å². The van der Waals surface area contributed by atoms with Gasteiger partial charge in [0.1, 0.15) is 0 Å². The maximum absolute atomic E-state index is 6.13. The Labute approximate surface area is 132 Å². The summed E-state index contributed by atoms with van der Waals surface area (Å²) in [5.74, 6) is 0.681. The molecule has 1 heterocycles. The lowest BCUT2D eigenvalue weighted by molar-refractivity contribution is 0.575. The summed E-state index contributed by atoms with van der Waals surface area (Å²) in [6, 6.07) is 3.37. The molecule has 0 spiro atoms. The van der Waals surface area contributed by atoms with E-state index in [2.05, 4.69) is 24.2 Å². The zero-order valence-electron chi connectivity index (χ0n) is 10.7. The molecule has 1 aromatic carbocycles. The summed E-state index contributed by atoms with van der Waals surface area (Å²) in [6.45, 7) is 5.30. The largest absolute Gasteiger partial charge is 0.334 e. The molecule has 1 aliphatic heterocycles. The molecule has 19 heavy (non-hydrogen) atoms. The van der Waals surface area contributed by atoms with E-state index in [1.807, 2.05) is 0 Å². The van der Waals surface area contributed by atoms with Crippen LogP contribution in [0.25, 0.3) is 0 Å². The van der Waals surface area contributed by atoms with Gasteiger partial charge in [-0.1, -0.05) is 60.4 Å². The fourth-order valence-electron chi connectivity index (χ4n) is 1.87. The van der Waals surface area contributed by atoms with Crippen LogP contribution in [0.4, 0.5) is 5.69 Å². The first-order valence-corrected chi connectivity index (χ1v) is 8.09. The van der Waals surface area contributed by atoms with Gasteiger partial charge in [0.15, 0.2) is 5.17 Å². The van der Waals surface area contributed by atoms with E-state index in [9.17, 15) is 0 Å². The number of rotatable bonds is 3. The molecule has 2 rings (SSSR count). The van der Waals surface area contributed by atoms with Crippen LogP contribution in [0.3, 0.4) is 0 Å². The third-order valence-corrected chi connectivity index (χ3v) is 4.87. The van der Waals surface area contributed by atoms with E-state index < -0.39 is 0 Å². The first-order valence-electron chi connectivity index (χ1n) is 6.08. The number of nitrogens with zero attached hydrogens (tertiary/aromatic N) is 1. The van der Waals surface area contributed by atoms with E-state index in [1.54, 1.807) is 23.9 Å². The Kier molecular flexibility index (Phi) is 5.29. The normalized spacial score (nSPS) is 18.8. The summed E-state index contributed by atoms with van der Waals surface area (Å²) in [5, 5.41) is 6.14. The number of amidine groups is 1. The lowest BCUT2D eigenvalue weighted by atomic mass is 10.1. The molecule has 1 unspecified atom stereocenters. The summed E-state index contributed by atoms with van der Waals surface area (Å²) >= 11 is 19.8. The van der Waals surface area contributed by atoms with Crippen LogP contribution in [-0.4, -0.2) is 17.0 Å². The van der Waals surface area contributed by atoms with Gasteiger partial charge in [-0.05, 0) is 24.5 Å². The highest BCUT2D eigenvalue weighted by molar-refractivity contribution is 8.15. The lowest BCUT2D eigenvalue weighted by Gasteiger charge is -2.12. The van der Waals surface area contributed by atoms with Crippen molar-refractivity contribution in [1.82, 2.24) is 0 Å². The minimum absolute atomic E-state index is 0.455. The monoisotopic (exact) mass is 336 g/mol. The van der Waals surface area contributed by atoms with Gasteiger partial charge < -0.3 is 5.32 Å². The number of nitrogens with one attached hydrogen (secondary N) is 1. The summed E-state index contributed by atoms with van der Waals surface area (Å²) < 4.78 is 0. The van der Waals surface area contributed by atoms with Crippen molar-refractivity contribution in [2.24, 2.45) is 10.9 Å². The number of anilines is 1. The van der Waals surface area contributed by atoms with Gasteiger partial charge in [0.2, 0.25) is 0 Å². The van der Waals surface area contributed by atoms with Crippen LogP contribution in [0, 0.1) is 5.92 Å². The maximum atomic E-state index is 6.13. The summed E-state index contributed by atoms with van der Waals surface area (Å²) in [6.07, 6.45) is 1.16. The molecule has 1 atom stereocenters. The minimum Gasteiger partial charge on any atom is -0.334 e. The number of aliphatic imine (C=N–C) groups is 1. The molecule has 0 bridgehead atoms. The third kappa shape index (κ3) is 4.19. The van der Waals surface area contributed by atoms with Crippen molar-refractivity contribution in [3.05, 3.63) is 27.2 Å². The number of thioether (sulfide) groups is 1. The van der Waals surface area contributed by atoms with Crippen LogP contribution in [-0.2, 0) is 0 Å². The first kappa shape index (κ1) is 15.3. The number of hydrogen-bond acceptors (Lipinski definition) is 3. The summed E-state index contributed by atoms with van der Waals surface area (Å²) in [4.78, 5) is 4.49. The van der Waals surface area contributed by atoms with E-state index in [-0.39, 0.29) is 0 Å². The molecular weight excluding hydrogens is 323 g/mol. The molecule has 1 N–H and O–H groups in total. The van der Waals surface area contributed by atoms with E-state index >= 15 is 0 Å². The zero-order chi connectivity index (χ0) is 14.0. The molecule has 0 saturated carbocycles. The van der Waals surface area contributed by atoms with Crippen molar-refractivity contribution in [3.8, 4) is 0 Å². The van der Waals surface area contributed by atoms with Gasteiger partial charge in [-0.3, -0.25) is 4.99 Å². The van der Waals surface area contributed by atoms with E-state index in [0.29, 0.717) is 26.2 Å². The van der Waals surface area contributed by atoms with Crippen LogP contribution in [0.5, 0.6) is 0 Å². The molecule has 0 amide bonds. The molecular formula is C13H15Cl3N2S. The van der Waals surface area contributed by atoms with Gasteiger partial charge in [0.05, 0.1) is 27.3 Å². The van der Waals surface area contributed by atoms with Crippen molar-refractivity contribution >= 4 is 57.4 Å². The predicted octanol–water partition coefficient (Wildman–Crippen LogP) is 5.58. The quantitative estimate of drug-likeness (QED) is 0.728. The van der Waals surface area contributed by atoms with Gasteiger partial charge in [-0.15, -0.1) is 0 Å². The predicted molar refractivity (Wildman–Crippen MR) is 88.2 cm³/mol. The Balaban J connectivity index is 2.01. The highest BCUT2D eigenvalue weighted by Gasteiger charge is 2.21. The SMILES string of the molecule is CC(C)CC1CN=C(Nc2cc(Cl)c(Cl)cc2Cl)S1. The van der Waals surface area contributed by atoms with Crippen LogP contribution < -0.4 is 5.32 Å². The molecule has 0 fully saturated rings. The van der Waals surface area contributed by atoms with E-state index in [0.717, 1.165) is 23.8 Å². The van der Waals surface area contributed by atoms with E-state index in [1.165, 1.54) is 0 Å². The third-order valence-electron chi connectivity index (χ3n) is 2.70. The molecule has 0 radical (unpaired) electrons. The average Bonchev–Trinajstić information content (AvgIpc) is 2.72. The highest BCUT2D eigenvalue weighted by atomic mass is 35.5. The van der Waals surface area contributed by atoms with Crippen LogP contribution in [0.2, 0.25) is 15.1 Å². The molecule has 0 aromatic heterocycles. The second-order valence-corrected chi connectivity index (χ2v) is 7.40. The van der Waals surface area contributed by atoms with Gasteiger partial charge in [-0.2, -0.15) is 0 Å². The summed E-state index contributed by atoms with van der Waals surface area (Å²) in [5.41, 5.74) is 0.743. The standard InChI is InChI=1S/C13H15Cl3N2S/c1-7(2)3-8-6-17-13(19-8)18-12-5-10(15)9(14)4-11(12)16/h4-5,7-8H,3,6H2,1-2H3,(H,17,18). The maximum Gasteiger partial charge on any atom is 0.161 e. The number of hydrogen-bond donors (Lipinski definition) is 1. The van der Waals surface area contributed by atoms with Gasteiger partial charge in [0.25, 0.3) is 0 Å². The van der Waals surface area contributed by atoms with Crippen molar-refractivity contribution < 1.29 is 0 Å². The molecule has 1 aromatic rings. The van der Waals surface area contributed by atoms with Gasteiger partial charge in [0, 0.05) is 5.25 Å². The Bertz CT molecular complexity index is 503. The molecule has 0 saturated heterocycles. The lowest BCUT2D eigenvalue weighted by Crippen LogP contribution is -2.10. The molecule has 104 valence electrons. The molecule has 2 nitrogen and oxygen atoms in total. The second kappa shape index (κ2) is 6.57. The molecule has 6 heteroatoms. The van der Waals surface area contributed by atoms with Crippen LogP contribution in [0.1, 0.15) is 20.3 Å². The van der Waals surface area contributed by atoms with Crippen molar-refractivity contribution in [1.29, 1.82) is 0 Å². The highest BCUT2D eigenvalue weighted by Crippen LogP contribution is 2.34. The minimum atomic E-state index is 0.455. The number of benzene rings is 1. The fraction of sp³-hybridized carbons (Fsp3) is 0.462. The number of halogens is 3. The Hall–Kier alpha value is -0.0900. The van der Waals surface area contributed by atoms with Crippen LogP contribution in [0.15, 0.2) is 17.1 Å². The molecule has 0 aliphatic carbocycles. The Morgan fingerprint density at radius 1 is 1.26 bits per heavy atom.